The molecule has 0 aromatic carbocycles. The number of carbonyl (C=O) groups excluding carboxylic acids is 1. The largest absolute Gasteiger partial charge is 1.00 e. The topological polar surface area (TPSA) is 80.6 Å². The van der Waals surface area contributed by atoms with Crippen LogP contribution in [0.4, 0.5) is 0 Å². The maximum atomic E-state index is 11.2. The maximum Gasteiger partial charge on any atom is 1.00 e. The van der Waals surface area contributed by atoms with Crippen molar-refractivity contribution in [3.05, 3.63) is 0 Å². The van der Waals surface area contributed by atoms with Crippen LogP contribution < -0.4 is 34.7 Å². The molecule has 10 atom stereocenters. The van der Waals surface area contributed by atoms with E-state index in [2.05, 4.69) is 20.8 Å². The molecule has 5 heteroatoms. The van der Waals surface area contributed by atoms with Gasteiger partial charge in [0.15, 0.2) is 0 Å². The summed E-state index contributed by atoms with van der Waals surface area (Å²) in [7, 11) is 0. The Morgan fingerprint density at radius 2 is 1.69 bits per heavy atom. The van der Waals surface area contributed by atoms with E-state index in [1.165, 1.54) is 25.7 Å². The SMILES string of the molecule is CC(CCC(=O)[O-])C1CCC2C3C(CCC12C)C1(C)CC[C@@H](O)CC1C[C@H]3O.[Na+]. The van der Waals surface area contributed by atoms with Crippen molar-refractivity contribution in [2.24, 2.45) is 46.3 Å². The summed E-state index contributed by atoms with van der Waals surface area (Å²) in [5.74, 6) is 1.99. The molecular formula is C24H39NaO4. The van der Waals surface area contributed by atoms with Crippen LogP contribution in [0, 0.1) is 46.3 Å². The Labute approximate surface area is 198 Å². The molecule has 0 aromatic rings. The number of hydrogen-bond donors (Lipinski definition) is 2. The third-order valence-electron chi connectivity index (χ3n) is 10.2. The standard InChI is InChI=1S/C24H40O4.Na/c1-14(4-7-21(27)28)17-5-6-18-22-19(9-11-24(17,18)3)23(2)10-8-16(25)12-15(23)13-20(22)26;/h14-20,22,25-26H,4-13H2,1-3H3,(H,27,28);/q;+1/p-1/t14?,15?,16-,17?,18?,19?,20-,22?,23?,24?;/m1./s1. The minimum absolute atomic E-state index is 0. The summed E-state index contributed by atoms with van der Waals surface area (Å²) < 4.78 is 0. The third kappa shape index (κ3) is 3.99. The summed E-state index contributed by atoms with van der Waals surface area (Å²) >= 11 is 0. The Balaban J connectivity index is 0.00000240. The van der Waals surface area contributed by atoms with Crippen LogP contribution in [0.15, 0.2) is 0 Å². The number of carboxylic acid groups (broad SMARTS) is 1. The minimum atomic E-state index is -0.934. The number of aliphatic carboxylic acids is 1. The molecule has 2 N–H and O–H groups in total. The van der Waals surface area contributed by atoms with Crippen LogP contribution in [-0.4, -0.2) is 28.4 Å². The number of aliphatic hydroxyl groups excluding tert-OH is 2. The normalized spacial score (nSPS) is 49.9. The van der Waals surface area contributed by atoms with Crippen LogP contribution >= 0.6 is 0 Å². The Bertz CT molecular complexity index is 612. The van der Waals surface area contributed by atoms with Gasteiger partial charge in [0.1, 0.15) is 0 Å². The Hall–Kier alpha value is 0.390. The Morgan fingerprint density at radius 3 is 2.38 bits per heavy atom. The first-order valence-electron chi connectivity index (χ1n) is 11.7. The molecular weight excluding hydrogens is 375 g/mol. The summed E-state index contributed by atoms with van der Waals surface area (Å²) in [4.78, 5) is 10.9. The van der Waals surface area contributed by atoms with Crippen LogP contribution in [0.25, 0.3) is 0 Å². The predicted octanol–water partition coefficient (Wildman–Crippen LogP) is 0.147. The summed E-state index contributed by atoms with van der Waals surface area (Å²) in [6.45, 7) is 7.11. The number of fused-ring (bicyclic) bond motifs is 5. The fourth-order valence-corrected chi connectivity index (χ4v) is 8.72. The summed E-state index contributed by atoms with van der Waals surface area (Å²) in [5.41, 5.74) is 0.494. The monoisotopic (exact) mass is 414 g/mol. The summed E-state index contributed by atoms with van der Waals surface area (Å²) in [5, 5.41) is 32.4. The average Bonchev–Trinajstić information content (AvgIpc) is 2.98. The van der Waals surface area contributed by atoms with E-state index in [1.54, 1.807) is 0 Å². The number of carboxylic acids is 1. The summed E-state index contributed by atoms with van der Waals surface area (Å²) in [6.07, 6.45) is 8.91. The van der Waals surface area contributed by atoms with Crippen molar-refractivity contribution in [1.82, 2.24) is 0 Å². The van der Waals surface area contributed by atoms with Gasteiger partial charge < -0.3 is 20.1 Å². The molecule has 0 amide bonds. The molecule has 0 aliphatic heterocycles. The first kappa shape index (κ1) is 24.0. The maximum absolute atomic E-state index is 11.2. The molecule has 4 saturated carbocycles. The van der Waals surface area contributed by atoms with Crippen LogP contribution in [-0.2, 0) is 4.79 Å². The van der Waals surface area contributed by atoms with Gasteiger partial charge in [-0.1, -0.05) is 20.8 Å². The van der Waals surface area contributed by atoms with Gasteiger partial charge in [-0.25, -0.2) is 0 Å². The molecule has 29 heavy (non-hydrogen) atoms. The zero-order valence-corrected chi connectivity index (χ0v) is 20.9. The van der Waals surface area contributed by atoms with Gasteiger partial charge in [0.05, 0.1) is 12.2 Å². The smallest absolute Gasteiger partial charge is 0.550 e. The van der Waals surface area contributed by atoms with Crippen LogP contribution in [0.3, 0.4) is 0 Å². The van der Waals surface area contributed by atoms with Gasteiger partial charge in [-0.15, -0.1) is 0 Å². The van der Waals surface area contributed by atoms with E-state index in [9.17, 15) is 20.1 Å². The second-order valence-corrected chi connectivity index (χ2v) is 11.3. The van der Waals surface area contributed by atoms with Crippen LogP contribution in [0.2, 0.25) is 0 Å². The van der Waals surface area contributed by atoms with Crippen molar-refractivity contribution in [3.63, 3.8) is 0 Å². The molecule has 4 aliphatic rings. The summed E-state index contributed by atoms with van der Waals surface area (Å²) in [6, 6.07) is 0. The van der Waals surface area contributed by atoms with Crippen molar-refractivity contribution in [3.8, 4) is 0 Å². The number of rotatable bonds is 4. The molecule has 0 radical (unpaired) electrons. The fourth-order valence-electron chi connectivity index (χ4n) is 8.72. The van der Waals surface area contributed by atoms with Crippen LogP contribution in [0.5, 0.6) is 0 Å². The minimum Gasteiger partial charge on any atom is -0.550 e. The first-order valence-corrected chi connectivity index (χ1v) is 11.7. The fraction of sp³-hybridized carbons (Fsp3) is 0.958. The molecule has 4 rings (SSSR count). The van der Waals surface area contributed by atoms with Gasteiger partial charge in [-0.2, -0.15) is 0 Å². The molecule has 4 fully saturated rings. The van der Waals surface area contributed by atoms with Gasteiger partial charge in [-0.3, -0.25) is 0 Å². The number of aliphatic hydroxyl groups is 2. The van der Waals surface area contributed by atoms with Gasteiger partial charge in [-0.05, 0) is 111 Å². The molecule has 0 aromatic heterocycles. The van der Waals surface area contributed by atoms with Crippen LogP contribution in [0.1, 0.15) is 85.0 Å². The second-order valence-electron chi connectivity index (χ2n) is 11.3. The first-order chi connectivity index (χ1) is 13.2. The van der Waals surface area contributed by atoms with Crippen molar-refractivity contribution in [1.29, 1.82) is 0 Å². The molecule has 8 unspecified atom stereocenters. The Kier molecular flexibility index (Phi) is 7.24. The zero-order chi connectivity index (χ0) is 20.3. The molecule has 4 aliphatic carbocycles. The van der Waals surface area contributed by atoms with Gasteiger partial charge in [0.2, 0.25) is 0 Å². The molecule has 0 spiro atoms. The predicted molar refractivity (Wildman–Crippen MR) is 106 cm³/mol. The third-order valence-corrected chi connectivity index (χ3v) is 10.2. The molecule has 0 saturated heterocycles. The molecule has 4 nitrogen and oxygen atoms in total. The van der Waals surface area contributed by atoms with E-state index in [1.807, 2.05) is 0 Å². The molecule has 160 valence electrons. The van der Waals surface area contributed by atoms with Crippen molar-refractivity contribution < 1.29 is 49.7 Å². The van der Waals surface area contributed by atoms with Gasteiger partial charge in [0.25, 0.3) is 0 Å². The quantitative estimate of drug-likeness (QED) is 0.642. The van der Waals surface area contributed by atoms with Crippen molar-refractivity contribution in [2.45, 2.75) is 97.2 Å². The van der Waals surface area contributed by atoms with E-state index in [4.69, 9.17) is 0 Å². The van der Waals surface area contributed by atoms with E-state index < -0.39 is 5.97 Å². The number of carbonyl (C=O) groups is 1. The number of hydrogen-bond acceptors (Lipinski definition) is 4. The van der Waals surface area contributed by atoms with E-state index >= 15 is 0 Å². The van der Waals surface area contributed by atoms with E-state index in [0.717, 1.165) is 25.7 Å². The molecule has 0 heterocycles. The Morgan fingerprint density at radius 1 is 1.03 bits per heavy atom. The molecule has 0 bridgehead atoms. The van der Waals surface area contributed by atoms with E-state index in [-0.39, 0.29) is 59.0 Å². The van der Waals surface area contributed by atoms with Crippen molar-refractivity contribution >= 4 is 5.97 Å². The average molecular weight is 415 g/mol. The van der Waals surface area contributed by atoms with Gasteiger partial charge in [0, 0.05) is 5.97 Å². The zero-order valence-electron chi connectivity index (χ0n) is 18.9. The van der Waals surface area contributed by atoms with Crippen molar-refractivity contribution in [2.75, 3.05) is 0 Å². The van der Waals surface area contributed by atoms with E-state index in [0.29, 0.717) is 41.9 Å². The van der Waals surface area contributed by atoms with Gasteiger partial charge >= 0.3 is 29.6 Å². The second kappa shape index (κ2) is 8.73.